The third kappa shape index (κ3) is 1.59. The summed E-state index contributed by atoms with van der Waals surface area (Å²) in [5, 5.41) is 0. The summed E-state index contributed by atoms with van der Waals surface area (Å²) in [5.41, 5.74) is 1.64. The van der Waals surface area contributed by atoms with Gasteiger partial charge in [0.15, 0.2) is 0 Å². The second-order valence-corrected chi connectivity index (χ2v) is 4.32. The molecule has 2 aliphatic rings. The van der Waals surface area contributed by atoms with Crippen LogP contribution in [0.15, 0.2) is 18.3 Å². The summed E-state index contributed by atoms with van der Waals surface area (Å²) in [7, 11) is 0. The van der Waals surface area contributed by atoms with Gasteiger partial charge in [-0.1, -0.05) is 0 Å². The number of carbonyl (C=O) groups excluding carboxylic acids is 1. The molecule has 1 saturated heterocycles. The summed E-state index contributed by atoms with van der Waals surface area (Å²) < 4.78 is 5.55. The van der Waals surface area contributed by atoms with Crippen LogP contribution in [-0.4, -0.2) is 35.0 Å². The Bertz CT molecular complexity index is 413. The van der Waals surface area contributed by atoms with Gasteiger partial charge in [-0.3, -0.25) is 9.78 Å². The molecule has 0 spiro atoms. The highest BCUT2D eigenvalue weighted by atomic mass is 16.5. The van der Waals surface area contributed by atoms with Crippen molar-refractivity contribution in [3.63, 3.8) is 0 Å². The Morgan fingerprint density at radius 2 is 2.50 bits per heavy atom. The lowest BCUT2D eigenvalue weighted by Crippen LogP contribution is -2.32. The molecular weight excluding hydrogens is 204 g/mol. The summed E-state index contributed by atoms with van der Waals surface area (Å²) in [6.45, 7) is 2.17. The van der Waals surface area contributed by atoms with Crippen molar-refractivity contribution in [1.82, 2.24) is 9.88 Å². The molecule has 4 nitrogen and oxygen atoms in total. The molecule has 0 N–H and O–H groups in total. The number of hydrogen-bond acceptors (Lipinski definition) is 3. The van der Waals surface area contributed by atoms with E-state index in [4.69, 9.17) is 4.74 Å². The average molecular weight is 218 g/mol. The molecule has 1 aromatic heterocycles. The van der Waals surface area contributed by atoms with Crippen LogP contribution in [-0.2, 0) is 11.3 Å². The highest BCUT2D eigenvalue weighted by Crippen LogP contribution is 2.22. The van der Waals surface area contributed by atoms with Gasteiger partial charge in [0.1, 0.15) is 0 Å². The van der Waals surface area contributed by atoms with Gasteiger partial charge in [-0.25, -0.2) is 0 Å². The zero-order valence-corrected chi connectivity index (χ0v) is 9.06. The Balaban J connectivity index is 1.74. The second-order valence-electron chi connectivity index (χ2n) is 4.32. The monoisotopic (exact) mass is 218 g/mol. The molecule has 0 unspecified atom stereocenters. The van der Waals surface area contributed by atoms with Gasteiger partial charge in [0.25, 0.3) is 5.91 Å². The molecule has 0 saturated carbocycles. The zero-order valence-electron chi connectivity index (χ0n) is 9.06. The molecule has 0 aliphatic carbocycles. The Morgan fingerprint density at radius 3 is 3.25 bits per heavy atom. The lowest BCUT2D eigenvalue weighted by Gasteiger charge is -2.19. The normalized spacial score (nSPS) is 23.9. The Kier molecular flexibility index (Phi) is 2.36. The van der Waals surface area contributed by atoms with Crippen LogP contribution in [0.4, 0.5) is 0 Å². The minimum Gasteiger partial charge on any atom is -0.376 e. The van der Waals surface area contributed by atoms with Crippen LogP contribution in [0, 0.1) is 0 Å². The van der Waals surface area contributed by atoms with Crippen LogP contribution >= 0.6 is 0 Å². The van der Waals surface area contributed by atoms with Crippen molar-refractivity contribution in [2.24, 2.45) is 0 Å². The molecule has 16 heavy (non-hydrogen) atoms. The van der Waals surface area contributed by atoms with Crippen LogP contribution in [0.25, 0.3) is 0 Å². The molecule has 3 rings (SSSR count). The van der Waals surface area contributed by atoms with Gasteiger partial charge in [0.2, 0.25) is 0 Å². The summed E-state index contributed by atoms with van der Waals surface area (Å²) >= 11 is 0. The van der Waals surface area contributed by atoms with Crippen LogP contribution in [0.1, 0.15) is 28.9 Å². The number of nitrogens with zero attached hydrogens (tertiary/aromatic N) is 2. The quantitative estimate of drug-likeness (QED) is 0.749. The molecule has 2 aliphatic heterocycles. The van der Waals surface area contributed by atoms with E-state index < -0.39 is 0 Å². The van der Waals surface area contributed by atoms with E-state index in [0.717, 1.165) is 30.7 Å². The van der Waals surface area contributed by atoms with Crippen LogP contribution in [0.5, 0.6) is 0 Å². The molecule has 1 atom stereocenters. The first-order chi connectivity index (χ1) is 7.84. The van der Waals surface area contributed by atoms with Crippen molar-refractivity contribution in [1.29, 1.82) is 0 Å². The fourth-order valence-electron chi connectivity index (χ4n) is 2.36. The van der Waals surface area contributed by atoms with E-state index in [1.807, 2.05) is 17.0 Å². The van der Waals surface area contributed by atoms with Crippen molar-refractivity contribution in [3.05, 3.63) is 29.6 Å². The van der Waals surface area contributed by atoms with E-state index in [0.29, 0.717) is 13.1 Å². The second kappa shape index (κ2) is 3.87. The molecule has 0 bridgehead atoms. The molecule has 0 aromatic carbocycles. The maximum absolute atomic E-state index is 12.0. The highest BCUT2D eigenvalue weighted by molar-refractivity contribution is 5.97. The topological polar surface area (TPSA) is 42.4 Å². The predicted octanol–water partition coefficient (Wildman–Crippen LogP) is 1.22. The number of ether oxygens (including phenoxy) is 1. The summed E-state index contributed by atoms with van der Waals surface area (Å²) in [6, 6.07) is 3.66. The molecule has 84 valence electrons. The fourth-order valence-corrected chi connectivity index (χ4v) is 2.36. The van der Waals surface area contributed by atoms with Crippen molar-refractivity contribution in [3.8, 4) is 0 Å². The van der Waals surface area contributed by atoms with Crippen LogP contribution in [0.2, 0.25) is 0 Å². The number of carbonyl (C=O) groups is 1. The number of fused-ring (bicyclic) bond motifs is 1. The number of aromatic nitrogens is 1. The molecule has 0 radical (unpaired) electrons. The van der Waals surface area contributed by atoms with E-state index in [2.05, 4.69) is 4.98 Å². The highest BCUT2D eigenvalue weighted by Gasteiger charge is 2.30. The summed E-state index contributed by atoms with van der Waals surface area (Å²) in [4.78, 5) is 18.1. The largest absolute Gasteiger partial charge is 0.376 e. The van der Waals surface area contributed by atoms with Gasteiger partial charge < -0.3 is 9.64 Å². The lowest BCUT2D eigenvalue weighted by molar-refractivity contribution is 0.0544. The van der Waals surface area contributed by atoms with Gasteiger partial charge in [0, 0.05) is 19.3 Å². The Morgan fingerprint density at radius 1 is 1.56 bits per heavy atom. The first-order valence-electron chi connectivity index (χ1n) is 5.69. The number of rotatable bonds is 2. The SMILES string of the molecule is O=C1c2cccnc2CN1C[C@H]1CCCO1. The minimum absolute atomic E-state index is 0.0959. The van der Waals surface area contributed by atoms with Gasteiger partial charge in [-0.2, -0.15) is 0 Å². The van der Waals surface area contributed by atoms with Gasteiger partial charge in [0.05, 0.1) is 23.9 Å². The van der Waals surface area contributed by atoms with E-state index in [-0.39, 0.29) is 12.0 Å². The average Bonchev–Trinajstić information content (AvgIpc) is 2.90. The lowest BCUT2D eigenvalue weighted by atomic mass is 10.2. The maximum Gasteiger partial charge on any atom is 0.256 e. The van der Waals surface area contributed by atoms with Gasteiger partial charge in [-0.05, 0) is 25.0 Å². The van der Waals surface area contributed by atoms with Crippen molar-refractivity contribution in [2.45, 2.75) is 25.5 Å². The number of amides is 1. The van der Waals surface area contributed by atoms with Crippen LogP contribution in [0.3, 0.4) is 0 Å². The van der Waals surface area contributed by atoms with E-state index in [1.165, 1.54) is 0 Å². The smallest absolute Gasteiger partial charge is 0.256 e. The Labute approximate surface area is 94.2 Å². The van der Waals surface area contributed by atoms with Gasteiger partial charge in [-0.15, -0.1) is 0 Å². The third-order valence-corrected chi connectivity index (χ3v) is 3.20. The molecule has 1 amide bonds. The first-order valence-corrected chi connectivity index (χ1v) is 5.69. The van der Waals surface area contributed by atoms with E-state index in [9.17, 15) is 4.79 Å². The molecular formula is C12H14N2O2. The van der Waals surface area contributed by atoms with Crippen molar-refractivity contribution in [2.75, 3.05) is 13.2 Å². The molecule has 4 heteroatoms. The zero-order chi connectivity index (χ0) is 11.0. The fraction of sp³-hybridized carbons (Fsp3) is 0.500. The molecule has 3 heterocycles. The standard InChI is InChI=1S/C12H14N2O2/c15-12-10-4-1-5-13-11(10)8-14(12)7-9-3-2-6-16-9/h1,4-5,9H,2-3,6-8H2/t9-/m1/s1. The van der Waals surface area contributed by atoms with Crippen LogP contribution < -0.4 is 0 Å². The summed E-state index contributed by atoms with van der Waals surface area (Å²) in [6.07, 6.45) is 4.13. The van der Waals surface area contributed by atoms with E-state index in [1.54, 1.807) is 6.20 Å². The predicted molar refractivity (Wildman–Crippen MR) is 58.0 cm³/mol. The summed E-state index contributed by atoms with van der Waals surface area (Å²) in [5.74, 6) is 0.0959. The van der Waals surface area contributed by atoms with Crippen molar-refractivity contribution < 1.29 is 9.53 Å². The first kappa shape index (κ1) is 9.78. The minimum atomic E-state index is 0.0959. The number of hydrogen-bond donors (Lipinski definition) is 0. The molecule has 1 fully saturated rings. The molecule has 1 aromatic rings. The Hall–Kier alpha value is -1.42. The van der Waals surface area contributed by atoms with E-state index >= 15 is 0 Å². The maximum atomic E-state index is 12.0. The van der Waals surface area contributed by atoms with Gasteiger partial charge >= 0.3 is 0 Å². The van der Waals surface area contributed by atoms with Crippen molar-refractivity contribution >= 4 is 5.91 Å². The number of pyridine rings is 1. The third-order valence-electron chi connectivity index (χ3n) is 3.20.